The molecule has 1 fully saturated rings. The van der Waals surface area contributed by atoms with Crippen LogP contribution in [0.15, 0.2) is 12.7 Å². The van der Waals surface area contributed by atoms with Crippen LogP contribution in [0, 0.1) is 17.8 Å². The van der Waals surface area contributed by atoms with Crippen LogP contribution in [0.5, 0.6) is 0 Å². The minimum atomic E-state index is -1.29. The van der Waals surface area contributed by atoms with Gasteiger partial charge in [0.05, 0.1) is 17.9 Å². The minimum absolute atomic E-state index is 0.123. The van der Waals surface area contributed by atoms with Crippen molar-refractivity contribution < 1.29 is 19.4 Å². The van der Waals surface area contributed by atoms with Crippen LogP contribution in [0.2, 0.25) is 0 Å². The number of aliphatic hydroxyl groups is 1. The van der Waals surface area contributed by atoms with Crippen LogP contribution >= 0.6 is 0 Å². The molecule has 0 aromatic carbocycles. The van der Waals surface area contributed by atoms with Gasteiger partial charge in [0.1, 0.15) is 5.60 Å². The maximum Gasteiger partial charge on any atom is 0.313 e. The van der Waals surface area contributed by atoms with Gasteiger partial charge in [0.25, 0.3) is 0 Å². The van der Waals surface area contributed by atoms with E-state index in [4.69, 9.17) is 16.2 Å². The molecule has 1 aliphatic carbocycles. The normalized spacial score (nSPS) is 21.0. The van der Waals surface area contributed by atoms with E-state index in [2.05, 4.69) is 6.58 Å². The fraction of sp³-hybridized carbons (Fsp3) is 0.789. The molecule has 5 N–H and O–H groups in total. The maximum absolute atomic E-state index is 12.8. The second-order valence-corrected chi connectivity index (χ2v) is 8.06. The van der Waals surface area contributed by atoms with Gasteiger partial charge in [0.15, 0.2) is 0 Å². The lowest BCUT2D eigenvalue weighted by atomic mass is 9.74. The third-order valence-corrected chi connectivity index (χ3v) is 4.85. The summed E-state index contributed by atoms with van der Waals surface area (Å²) in [5.74, 6) is -3.02. The molecule has 4 unspecified atom stereocenters. The van der Waals surface area contributed by atoms with E-state index in [1.807, 2.05) is 0 Å². The highest BCUT2D eigenvalue weighted by atomic mass is 16.6. The number of carbonyl (C=O) groups excluding carboxylic acids is 2. The molecule has 0 aliphatic heterocycles. The number of esters is 1. The van der Waals surface area contributed by atoms with E-state index in [-0.39, 0.29) is 12.3 Å². The SMILES string of the molecule is C=CCC(C(N)=O)C(O)C(C(=O)OC(C)(C)C)C(N)C1CCCCC1. The summed E-state index contributed by atoms with van der Waals surface area (Å²) < 4.78 is 5.48. The van der Waals surface area contributed by atoms with Crippen molar-refractivity contribution in [1.29, 1.82) is 0 Å². The molecule has 1 saturated carbocycles. The average Bonchev–Trinajstić information content (AvgIpc) is 2.51. The molecule has 0 saturated heterocycles. The van der Waals surface area contributed by atoms with Gasteiger partial charge in [-0.05, 0) is 46.0 Å². The third kappa shape index (κ3) is 6.44. The van der Waals surface area contributed by atoms with Gasteiger partial charge in [-0.25, -0.2) is 0 Å². The van der Waals surface area contributed by atoms with Crippen molar-refractivity contribution in [2.45, 2.75) is 77.0 Å². The minimum Gasteiger partial charge on any atom is -0.460 e. The van der Waals surface area contributed by atoms with Crippen LogP contribution in [0.4, 0.5) is 0 Å². The van der Waals surface area contributed by atoms with Crippen molar-refractivity contribution in [3.8, 4) is 0 Å². The quantitative estimate of drug-likeness (QED) is 0.455. The molecule has 4 atom stereocenters. The Morgan fingerprint density at radius 3 is 2.28 bits per heavy atom. The largest absolute Gasteiger partial charge is 0.460 e. The van der Waals surface area contributed by atoms with Crippen molar-refractivity contribution in [1.82, 2.24) is 0 Å². The first-order valence-electron chi connectivity index (χ1n) is 9.15. The molecule has 0 bridgehead atoms. The van der Waals surface area contributed by atoms with Gasteiger partial charge in [-0.15, -0.1) is 6.58 Å². The Labute approximate surface area is 151 Å². The van der Waals surface area contributed by atoms with Crippen LogP contribution in [-0.4, -0.2) is 34.7 Å². The predicted molar refractivity (Wildman–Crippen MR) is 97.4 cm³/mol. The first-order valence-corrected chi connectivity index (χ1v) is 9.15. The Morgan fingerprint density at radius 1 is 1.28 bits per heavy atom. The van der Waals surface area contributed by atoms with Gasteiger partial charge < -0.3 is 21.3 Å². The van der Waals surface area contributed by atoms with Crippen LogP contribution in [0.25, 0.3) is 0 Å². The highest BCUT2D eigenvalue weighted by molar-refractivity contribution is 5.80. The molecule has 1 rings (SSSR count). The highest BCUT2D eigenvalue weighted by Gasteiger charge is 2.43. The van der Waals surface area contributed by atoms with Crippen molar-refractivity contribution in [2.75, 3.05) is 0 Å². The van der Waals surface area contributed by atoms with E-state index >= 15 is 0 Å². The molecule has 0 aromatic rings. The van der Waals surface area contributed by atoms with Gasteiger partial charge in [-0.2, -0.15) is 0 Å². The summed E-state index contributed by atoms with van der Waals surface area (Å²) in [5, 5.41) is 10.8. The number of rotatable bonds is 8. The smallest absolute Gasteiger partial charge is 0.313 e. The molecule has 6 nitrogen and oxygen atoms in total. The maximum atomic E-state index is 12.8. The number of nitrogens with two attached hydrogens (primary N) is 2. The van der Waals surface area contributed by atoms with Crippen LogP contribution in [0.3, 0.4) is 0 Å². The molecule has 25 heavy (non-hydrogen) atoms. The summed E-state index contributed by atoms with van der Waals surface area (Å²) in [6.07, 6.45) is 5.50. The summed E-state index contributed by atoms with van der Waals surface area (Å²) in [4.78, 5) is 24.5. The zero-order valence-corrected chi connectivity index (χ0v) is 15.7. The Balaban J connectivity index is 3.09. The number of carbonyl (C=O) groups is 2. The lowest BCUT2D eigenvalue weighted by Gasteiger charge is -2.37. The fourth-order valence-electron chi connectivity index (χ4n) is 3.56. The van der Waals surface area contributed by atoms with Crippen LogP contribution < -0.4 is 11.5 Å². The highest BCUT2D eigenvalue weighted by Crippen LogP contribution is 2.33. The Kier molecular flexibility index (Phi) is 8.09. The number of allylic oxidation sites excluding steroid dienone is 1. The Morgan fingerprint density at radius 2 is 1.84 bits per heavy atom. The average molecular weight is 354 g/mol. The van der Waals surface area contributed by atoms with Gasteiger partial charge in [-0.1, -0.05) is 25.3 Å². The second kappa shape index (κ2) is 9.34. The molecule has 6 heteroatoms. The van der Waals surface area contributed by atoms with Crippen LogP contribution in [0.1, 0.15) is 59.3 Å². The first-order chi connectivity index (χ1) is 11.6. The van der Waals surface area contributed by atoms with Crippen molar-refractivity contribution >= 4 is 11.9 Å². The summed E-state index contributed by atoms with van der Waals surface area (Å²) in [6, 6.07) is -0.572. The number of ether oxygens (including phenoxy) is 1. The lowest BCUT2D eigenvalue weighted by Crippen LogP contribution is -2.53. The molecule has 144 valence electrons. The van der Waals surface area contributed by atoms with E-state index in [0.29, 0.717) is 0 Å². The van der Waals surface area contributed by atoms with E-state index in [1.54, 1.807) is 20.8 Å². The number of amides is 1. The summed E-state index contributed by atoms with van der Waals surface area (Å²) in [5.41, 5.74) is 11.1. The molecule has 0 heterocycles. The van der Waals surface area contributed by atoms with E-state index in [0.717, 1.165) is 32.1 Å². The first kappa shape index (κ1) is 21.6. The van der Waals surface area contributed by atoms with E-state index in [1.165, 1.54) is 6.08 Å². The molecule has 0 aromatic heterocycles. The zero-order valence-electron chi connectivity index (χ0n) is 15.7. The molecule has 0 spiro atoms. The van der Waals surface area contributed by atoms with Crippen molar-refractivity contribution in [2.24, 2.45) is 29.2 Å². The van der Waals surface area contributed by atoms with Gasteiger partial charge in [0, 0.05) is 6.04 Å². The van der Waals surface area contributed by atoms with E-state index in [9.17, 15) is 14.7 Å². The summed E-state index contributed by atoms with van der Waals surface area (Å²) >= 11 is 0. The lowest BCUT2D eigenvalue weighted by molar-refractivity contribution is -0.168. The molecule has 1 aliphatic rings. The third-order valence-electron chi connectivity index (χ3n) is 4.85. The molecule has 1 amide bonds. The van der Waals surface area contributed by atoms with Crippen molar-refractivity contribution in [3.63, 3.8) is 0 Å². The van der Waals surface area contributed by atoms with Crippen molar-refractivity contribution in [3.05, 3.63) is 12.7 Å². The number of hydrogen-bond acceptors (Lipinski definition) is 5. The van der Waals surface area contributed by atoms with Crippen LogP contribution in [-0.2, 0) is 14.3 Å². The topological polar surface area (TPSA) is 116 Å². The fourth-order valence-corrected chi connectivity index (χ4v) is 3.56. The number of hydrogen-bond donors (Lipinski definition) is 3. The Bertz CT molecular complexity index is 467. The van der Waals surface area contributed by atoms with Gasteiger partial charge in [0.2, 0.25) is 5.91 Å². The van der Waals surface area contributed by atoms with E-state index < -0.39 is 41.5 Å². The van der Waals surface area contributed by atoms with Gasteiger partial charge >= 0.3 is 5.97 Å². The molecular weight excluding hydrogens is 320 g/mol. The Hall–Kier alpha value is -1.40. The summed E-state index contributed by atoms with van der Waals surface area (Å²) in [6.45, 7) is 8.88. The second-order valence-electron chi connectivity index (χ2n) is 8.06. The number of aliphatic hydroxyl groups excluding tert-OH is 1. The zero-order chi connectivity index (χ0) is 19.2. The van der Waals surface area contributed by atoms with Gasteiger partial charge in [-0.3, -0.25) is 9.59 Å². The molecule has 0 radical (unpaired) electrons. The standard InChI is InChI=1S/C19H34N2O4/c1-5-9-13(17(21)23)16(22)14(18(24)25-19(2,3)4)15(20)12-10-7-6-8-11-12/h5,12-16,22H,1,6-11,20H2,2-4H3,(H2,21,23). The monoisotopic (exact) mass is 354 g/mol. The predicted octanol–water partition coefficient (Wildman–Crippen LogP) is 1.89. The summed E-state index contributed by atoms with van der Waals surface area (Å²) in [7, 11) is 0. The number of primary amides is 1. The molecular formula is C19H34N2O4.